The number of rotatable bonds is 2. The van der Waals surface area contributed by atoms with E-state index in [1.54, 1.807) is 39.7 Å². The SMILES string of the molecule is CSc1nn2cc(-c3ccc(F)cc3)nc2s1. The zero-order valence-corrected chi connectivity index (χ0v) is 10.6. The van der Waals surface area contributed by atoms with Crippen LogP contribution in [0.2, 0.25) is 0 Å². The van der Waals surface area contributed by atoms with Crippen molar-refractivity contribution in [3.05, 3.63) is 36.3 Å². The second-order valence-corrected chi connectivity index (χ2v) is 5.44. The summed E-state index contributed by atoms with van der Waals surface area (Å²) in [5, 5.41) is 4.36. The highest BCUT2D eigenvalue weighted by Crippen LogP contribution is 2.26. The van der Waals surface area contributed by atoms with Gasteiger partial charge < -0.3 is 0 Å². The molecule has 0 unspecified atom stereocenters. The Bertz CT molecular complexity index is 625. The quantitative estimate of drug-likeness (QED) is 0.666. The number of aromatic nitrogens is 3. The van der Waals surface area contributed by atoms with E-state index in [1.807, 2.05) is 12.5 Å². The topological polar surface area (TPSA) is 30.2 Å². The van der Waals surface area contributed by atoms with E-state index in [2.05, 4.69) is 10.1 Å². The van der Waals surface area contributed by atoms with Crippen molar-refractivity contribution in [2.75, 3.05) is 6.26 Å². The van der Waals surface area contributed by atoms with Crippen LogP contribution >= 0.6 is 23.1 Å². The minimum atomic E-state index is -0.238. The standard InChI is InChI=1S/C11H8FN3S2/c1-16-11-14-15-6-9(13-10(15)17-11)7-2-4-8(12)5-3-7/h2-6H,1H3. The molecule has 3 aromatic rings. The van der Waals surface area contributed by atoms with E-state index in [9.17, 15) is 4.39 Å². The molecule has 17 heavy (non-hydrogen) atoms. The molecule has 0 aliphatic rings. The monoisotopic (exact) mass is 265 g/mol. The maximum Gasteiger partial charge on any atom is 0.213 e. The number of imidazole rings is 1. The van der Waals surface area contributed by atoms with Gasteiger partial charge in [-0.3, -0.25) is 0 Å². The van der Waals surface area contributed by atoms with E-state index in [0.717, 1.165) is 20.6 Å². The third-order valence-corrected chi connectivity index (χ3v) is 4.24. The molecule has 0 fully saturated rings. The van der Waals surface area contributed by atoms with Gasteiger partial charge in [0.25, 0.3) is 0 Å². The molecule has 1 aromatic carbocycles. The number of thioether (sulfide) groups is 1. The Hall–Kier alpha value is -1.40. The van der Waals surface area contributed by atoms with Crippen molar-refractivity contribution < 1.29 is 4.39 Å². The van der Waals surface area contributed by atoms with Crippen molar-refractivity contribution in [1.29, 1.82) is 0 Å². The van der Waals surface area contributed by atoms with Crippen LogP contribution < -0.4 is 0 Å². The second kappa shape index (κ2) is 4.12. The second-order valence-electron chi connectivity index (χ2n) is 3.43. The highest BCUT2D eigenvalue weighted by Gasteiger charge is 2.08. The summed E-state index contributed by atoms with van der Waals surface area (Å²) in [5.41, 5.74) is 1.71. The maximum atomic E-state index is 12.8. The predicted octanol–water partition coefficient (Wildman–Crippen LogP) is 3.32. The molecule has 86 valence electrons. The molecule has 0 radical (unpaired) electrons. The van der Waals surface area contributed by atoms with Crippen LogP contribution in [-0.2, 0) is 0 Å². The molecule has 0 N–H and O–H groups in total. The normalized spacial score (nSPS) is 11.2. The minimum Gasteiger partial charge on any atom is -0.217 e. The molecule has 0 amide bonds. The average Bonchev–Trinajstić information content (AvgIpc) is 2.87. The van der Waals surface area contributed by atoms with Crippen LogP contribution in [0.15, 0.2) is 34.8 Å². The average molecular weight is 265 g/mol. The molecule has 0 atom stereocenters. The van der Waals surface area contributed by atoms with Gasteiger partial charge in [-0.15, -0.1) is 5.10 Å². The van der Waals surface area contributed by atoms with Crippen molar-refractivity contribution in [2.45, 2.75) is 4.34 Å². The van der Waals surface area contributed by atoms with E-state index in [-0.39, 0.29) is 5.82 Å². The molecule has 2 aromatic heterocycles. The Labute approximate surface area is 105 Å². The fourth-order valence-electron chi connectivity index (χ4n) is 1.52. The molecule has 0 saturated heterocycles. The lowest BCUT2D eigenvalue weighted by atomic mass is 10.2. The third-order valence-electron chi connectivity index (χ3n) is 2.34. The lowest BCUT2D eigenvalue weighted by Crippen LogP contribution is -1.80. The van der Waals surface area contributed by atoms with Gasteiger partial charge in [0.1, 0.15) is 5.82 Å². The van der Waals surface area contributed by atoms with Crippen molar-refractivity contribution in [3.8, 4) is 11.3 Å². The Morgan fingerprint density at radius 2 is 2.06 bits per heavy atom. The van der Waals surface area contributed by atoms with Crippen molar-refractivity contribution in [3.63, 3.8) is 0 Å². The molecule has 0 spiro atoms. The van der Waals surface area contributed by atoms with Gasteiger partial charge in [0.2, 0.25) is 4.96 Å². The molecule has 0 aliphatic carbocycles. The molecular weight excluding hydrogens is 257 g/mol. The van der Waals surface area contributed by atoms with E-state index >= 15 is 0 Å². The minimum absolute atomic E-state index is 0.238. The summed E-state index contributed by atoms with van der Waals surface area (Å²) in [6.45, 7) is 0. The first-order valence-electron chi connectivity index (χ1n) is 4.92. The highest BCUT2D eigenvalue weighted by atomic mass is 32.2. The Balaban J connectivity index is 2.06. The zero-order valence-electron chi connectivity index (χ0n) is 8.92. The fourth-order valence-corrected chi connectivity index (χ4v) is 2.87. The first-order valence-corrected chi connectivity index (χ1v) is 6.96. The smallest absolute Gasteiger partial charge is 0.213 e. The molecule has 0 bridgehead atoms. The largest absolute Gasteiger partial charge is 0.217 e. The van der Waals surface area contributed by atoms with Crippen LogP contribution in [0.4, 0.5) is 4.39 Å². The Morgan fingerprint density at radius 1 is 1.29 bits per heavy atom. The van der Waals surface area contributed by atoms with Gasteiger partial charge in [0.15, 0.2) is 4.34 Å². The zero-order chi connectivity index (χ0) is 11.8. The number of nitrogens with zero attached hydrogens (tertiary/aromatic N) is 3. The van der Waals surface area contributed by atoms with Crippen molar-refractivity contribution in [2.24, 2.45) is 0 Å². The lowest BCUT2D eigenvalue weighted by molar-refractivity contribution is 0.628. The van der Waals surface area contributed by atoms with Crippen LogP contribution in [-0.4, -0.2) is 20.9 Å². The summed E-state index contributed by atoms with van der Waals surface area (Å²) < 4.78 is 15.6. The van der Waals surface area contributed by atoms with Gasteiger partial charge >= 0.3 is 0 Å². The Morgan fingerprint density at radius 3 is 2.71 bits per heavy atom. The van der Waals surface area contributed by atoms with Crippen LogP contribution in [0, 0.1) is 5.82 Å². The van der Waals surface area contributed by atoms with Crippen LogP contribution in [0.25, 0.3) is 16.2 Å². The maximum absolute atomic E-state index is 12.8. The Kier molecular flexibility index (Phi) is 2.60. The number of fused-ring (bicyclic) bond motifs is 1. The predicted molar refractivity (Wildman–Crippen MR) is 68.0 cm³/mol. The number of hydrogen-bond acceptors (Lipinski definition) is 4. The molecular formula is C11H8FN3S2. The van der Waals surface area contributed by atoms with Gasteiger partial charge in [-0.2, -0.15) is 0 Å². The third kappa shape index (κ3) is 1.94. The van der Waals surface area contributed by atoms with Gasteiger partial charge in [-0.1, -0.05) is 23.1 Å². The van der Waals surface area contributed by atoms with Crippen LogP contribution in [0.1, 0.15) is 0 Å². The number of halogens is 1. The molecule has 0 saturated carbocycles. The van der Waals surface area contributed by atoms with E-state index < -0.39 is 0 Å². The number of hydrogen-bond donors (Lipinski definition) is 0. The van der Waals surface area contributed by atoms with E-state index in [4.69, 9.17) is 0 Å². The number of benzene rings is 1. The van der Waals surface area contributed by atoms with Gasteiger partial charge in [-0.25, -0.2) is 13.9 Å². The molecule has 6 heteroatoms. The van der Waals surface area contributed by atoms with Gasteiger partial charge in [0, 0.05) is 5.56 Å². The van der Waals surface area contributed by atoms with E-state index in [1.165, 1.54) is 12.1 Å². The van der Waals surface area contributed by atoms with Crippen molar-refractivity contribution in [1.82, 2.24) is 14.6 Å². The molecule has 2 heterocycles. The summed E-state index contributed by atoms with van der Waals surface area (Å²) in [5.74, 6) is -0.238. The molecule has 3 rings (SSSR count). The molecule has 0 aliphatic heterocycles. The van der Waals surface area contributed by atoms with Gasteiger partial charge in [0.05, 0.1) is 11.9 Å². The van der Waals surface area contributed by atoms with E-state index in [0.29, 0.717) is 0 Å². The summed E-state index contributed by atoms with van der Waals surface area (Å²) in [6, 6.07) is 6.31. The van der Waals surface area contributed by atoms with Crippen molar-refractivity contribution >= 4 is 28.1 Å². The fraction of sp³-hybridized carbons (Fsp3) is 0.0909. The summed E-state index contributed by atoms with van der Waals surface area (Å²) in [6.07, 6.45) is 3.85. The summed E-state index contributed by atoms with van der Waals surface area (Å²) in [7, 11) is 0. The van der Waals surface area contributed by atoms with Crippen LogP contribution in [0.5, 0.6) is 0 Å². The lowest BCUT2D eigenvalue weighted by Gasteiger charge is -1.94. The summed E-state index contributed by atoms with van der Waals surface area (Å²) in [4.78, 5) is 5.32. The summed E-state index contributed by atoms with van der Waals surface area (Å²) >= 11 is 3.15. The first-order chi connectivity index (χ1) is 8.26. The van der Waals surface area contributed by atoms with Gasteiger partial charge in [-0.05, 0) is 30.5 Å². The molecule has 3 nitrogen and oxygen atoms in total. The first kappa shape index (κ1) is 10.7. The van der Waals surface area contributed by atoms with Crippen LogP contribution in [0.3, 0.4) is 0 Å². The highest BCUT2D eigenvalue weighted by molar-refractivity contribution is 8.00.